The second-order valence-corrected chi connectivity index (χ2v) is 7.60. The number of nitrogens with zero attached hydrogens (tertiary/aromatic N) is 1. The monoisotopic (exact) mass is 340 g/mol. The van der Waals surface area contributed by atoms with Crippen LogP contribution in [-0.2, 0) is 21.4 Å². The Morgan fingerprint density at radius 3 is 2.43 bits per heavy atom. The summed E-state index contributed by atoms with van der Waals surface area (Å²) < 4.78 is 29.2. The van der Waals surface area contributed by atoms with Crippen LogP contribution in [0.5, 0.6) is 0 Å². The number of piperidine rings is 1. The fourth-order valence-corrected chi connectivity index (χ4v) is 4.30. The maximum Gasteiger partial charge on any atom is 0.303 e. The van der Waals surface area contributed by atoms with Crippen molar-refractivity contribution in [3.05, 3.63) is 35.9 Å². The van der Waals surface area contributed by atoms with E-state index in [1.807, 2.05) is 30.3 Å². The van der Waals surface area contributed by atoms with Gasteiger partial charge in [-0.05, 0) is 31.2 Å². The van der Waals surface area contributed by atoms with Gasteiger partial charge in [0.25, 0.3) is 10.2 Å². The van der Waals surface area contributed by atoms with Gasteiger partial charge in [0.2, 0.25) is 0 Å². The van der Waals surface area contributed by atoms with Crippen molar-refractivity contribution in [2.45, 2.75) is 44.6 Å². The van der Waals surface area contributed by atoms with Gasteiger partial charge < -0.3 is 5.11 Å². The average Bonchev–Trinajstić information content (AvgIpc) is 2.54. The normalized spacial score (nSPS) is 17.7. The molecule has 1 heterocycles. The number of nitrogens with one attached hydrogen (secondary N) is 1. The van der Waals surface area contributed by atoms with Gasteiger partial charge in [-0.25, -0.2) is 0 Å². The van der Waals surface area contributed by atoms with Crippen LogP contribution in [0, 0.1) is 0 Å². The average molecular weight is 340 g/mol. The fourth-order valence-electron chi connectivity index (χ4n) is 2.79. The molecule has 0 aliphatic carbocycles. The van der Waals surface area contributed by atoms with Crippen molar-refractivity contribution in [3.63, 3.8) is 0 Å². The Labute approximate surface area is 137 Å². The zero-order valence-electron chi connectivity index (χ0n) is 13.1. The Bertz CT molecular complexity index is 598. The second-order valence-electron chi connectivity index (χ2n) is 5.90. The first kappa shape index (κ1) is 17.9. The third-order valence-corrected chi connectivity index (χ3v) is 5.68. The molecule has 1 saturated heterocycles. The first-order chi connectivity index (χ1) is 11.0. The van der Waals surface area contributed by atoms with Gasteiger partial charge in [0.1, 0.15) is 0 Å². The van der Waals surface area contributed by atoms with Crippen molar-refractivity contribution >= 4 is 16.2 Å². The highest BCUT2D eigenvalue weighted by Gasteiger charge is 2.27. The van der Waals surface area contributed by atoms with E-state index in [1.165, 1.54) is 4.31 Å². The van der Waals surface area contributed by atoms with E-state index in [2.05, 4.69) is 4.72 Å². The summed E-state index contributed by atoms with van der Waals surface area (Å²) in [6.07, 6.45) is 3.51. The minimum Gasteiger partial charge on any atom is -0.481 e. The number of aliphatic carboxylic acids is 1. The topological polar surface area (TPSA) is 86.7 Å². The Morgan fingerprint density at radius 1 is 1.17 bits per heavy atom. The predicted molar refractivity (Wildman–Crippen MR) is 88.3 cm³/mol. The lowest BCUT2D eigenvalue weighted by atomic mass is 10.0. The lowest BCUT2D eigenvalue weighted by molar-refractivity contribution is -0.137. The Kier molecular flexibility index (Phi) is 6.56. The third kappa shape index (κ3) is 5.93. The number of carboxylic acid groups (broad SMARTS) is 1. The van der Waals surface area contributed by atoms with Gasteiger partial charge in [-0.1, -0.05) is 36.8 Å². The minimum absolute atomic E-state index is 0.0555. The first-order valence-electron chi connectivity index (χ1n) is 8.00. The first-order valence-corrected chi connectivity index (χ1v) is 9.44. The zero-order chi connectivity index (χ0) is 16.7. The summed E-state index contributed by atoms with van der Waals surface area (Å²) in [5.74, 6) is -0.916. The van der Waals surface area contributed by atoms with Crippen molar-refractivity contribution in [1.29, 1.82) is 0 Å². The maximum atomic E-state index is 12.5. The molecular formula is C16H24N2O4S. The van der Waals surface area contributed by atoms with Gasteiger partial charge in [0.15, 0.2) is 0 Å². The van der Waals surface area contributed by atoms with Gasteiger partial charge in [0.05, 0.1) is 0 Å². The van der Waals surface area contributed by atoms with Crippen LogP contribution in [0.15, 0.2) is 30.3 Å². The van der Waals surface area contributed by atoms with E-state index in [1.54, 1.807) is 0 Å². The highest BCUT2D eigenvalue weighted by Crippen LogP contribution is 2.15. The van der Waals surface area contributed by atoms with Crippen LogP contribution in [0.1, 0.15) is 37.7 Å². The summed E-state index contributed by atoms with van der Waals surface area (Å²) >= 11 is 0. The number of benzene rings is 1. The Hall–Kier alpha value is -1.44. The van der Waals surface area contributed by atoms with E-state index >= 15 is 0 Å². The summed E-state index contributed by atoms with van der Waals surface area (Å²) in [7, 11) is -3.56. The van der Waals surface area contributed by atoms with Crippen LogP contribution in [0.3, 0.4) is 0 Å². The molecule has 1 aliphatic rings. The lowest BCUT2D eigenvalue weighted by Gasteiger charge is -2.28. The standard InChI is InChI=1S/C16H24N2O4S/c19-16(20)10-9-15(13-14-7-3-1-4-8-14)17-23(21,22)18-11-5-2-6-12-18/h1,3-4,7-8,15,17H,2,5-6,9-13H2,(H,19,20). The maximum absolute atomic E-state index is 12.5. The van der Waals surface area contributed by atoms with Gasteiger partial charge >= 0.3 is 5.97 Å². The van der Waals surface area contributed by atoms with E-state index in [9.17, 15) is 13.2 Å². The van der Waals surface area contributed by atoms with Gasteiger partial charge in [-0.3, -0.25) is 4.79 Å². The SMILES string of the molecule is O=C(O)CCC(Cc1ccccc1)NS(=O)(=O)N1CCCCC1. The Morgan fingerprint density at radius 2 is 1.83 bits per heavy atom. The number of carbonyl (C=O) groups is 1. The largest absolute Gasteiger partial charge is 0.481 e. The van der Waals surface area contributed by atoms with Crippen LogP contribution in [0.25, 0.3) is 0 Å². The molecule has 1 fully saturated rings. The molecule has 2 rings (SSSR count). The molecule has 0 spiro atoms. The molecule has 7 heteroatoms. The molecule has 2 N–H and O–H groups in total. The highest BCUT2D eigenvalue weighted by molar-refractivity contribution is 7.87. The van der Waals surface area contributed by atoms with Crippen LogP contribution in [0.2, 0.25) is 0 Å². The number of carboxylic acids is 1. The van der Waals surface area contributed by atoms with E-state index < -0.39 is 22.2 Å². The zero-order valence-corrected chi connectivity index (χ0v) is 14.0. The van der Waals surface area contributed by atoms with Gasteiger partial charge in [-0.15, -0.1) is 0 Å². The lowest BCUT2D eigenvalue weighted by Crippen LogP contribution is -2.48. The molecule has 1 aromatic rings. The minimum atomic E-state index is -3.56. The van der Waals surface area contributed by atoms with Crippen LogP contribution >= 0.6 is 0 Å². The third-order valence-electron chi connectivity index (χ3n) is 4.00. The molecule has 1 aromatic carbocycles. The van der Waals surface area contributed by atoms with E-state index in [4.69, 9.17) is 5.11 Å². The van der Waals surface area contributed by atoms with Crippen molar-refractivity contribution in [1.82, 2.24) is 9.03 Å². The quantitative estimate of drug-likeness (QED) is 0.755. The summed E-state index contributed by atoms with van der Waals surface area (Å²) in [5.41, 5.74) is 0.990. The predicted octanol–water partition coefficient (Wildman–Crippen LogP) is 1.78. The molecule has 6 nitrogen and oxygen atoms in total. The summed E-state index contributed by atoms with van der Waals surface area (Å²) in [6, 6.07) is 9.10. The number of rotatable bonds is 8. The summed E-state index contributed by atoms with van der Waals surface area (Å²) in [4.78, 5) is 10.8. The van der Waals surface area contributed by atoms with Crippen LogP contribution < -0.4 is 4.72 Å². The van der Waals surface area contributed by atoms with Gasteiger partial charge in [0, 0.05) is 25.6 Å². The molecular weight excluding hydrogens is 316 g/mol. The van der Waals surface area contributed by atoms with Crippen LogP contribution in [-0.4, -0.2) is 42.9 Å². The molecule has 0 aromatic heterocycles. The van der Waals surface area contributed by atoms with E-state index in [0.717, 1.165) is 24.8 Å². The molecule has 1 aliphatic heterocycles. The van der Waals surface area contributed by atoms with Crippen LogP contribution in [0.4, 0.5) is 0 Å². The second kappa shape index (κ2) is 8.42. The van der Waals surface area contributed by atoms with E-state index in [-0.39, 0.29) is 12.8 Å². The summed E-state index contributed by atoms with van der Waals surface area (Å²) in [5, 5.41) is 8.89. The number of hydrogen-bond acceptors (Lipinski definition) is 3. The Balaban J connectivity index is 2.04. The molecule has 1 atom stereocenters. The molecule has 0 amide bonds. The fraction of sp³-hybridized carbons (Fsp3) is 0.562. The van der Waals surface area contributed by atoms with E-state index in [0.29, 0.717) is 19.5 Å². The van der Waals surface area contributed by atoms with Crippen molar-refractivity contribution in [2.24, 2.45) is 0 Å². The van der Waals surface area contributed by atoms with Crippen molar-refractivity contribution < 1.29 is 18.3 Å². The molecule has 0 saturated carbocycles. The molecule has 0 bridgehead atoms. The molecule has 23 heavy (non-hydrogen) atoms. The van der Waals surface area contributed by atoms with Crippen molar-refractivity contribution in [2.75, 3.05) is 13.1 Å². The highest BCUT2D eigenvalue weighted by atomic mass is 32.2. The van der Waals surface area contributed by atoms with Gasteiger partial charge in [-0.2, -0.15) is 17.4 Å². The molecule has 1 unspecified atom stereocenters. The summed E-state index contributed by atoms with van der Waals surface area (Å²) in [6.45, 7) is 1.07. The molecule has 0 radical (unpaired) electrons. The number of hydrogen-bond donors (Lipinski definition) is 2. The smallest absolute Gasteiger partial charge is 0.303 e. The molecule has 128 valence electrons. The van der Waals surface area contributed by atoms with Crippen molar-refractivity contribution in [3.8, 4) is 0 Å².